The molecule has 10 heteroatoms. The summed E-state index contributed by atoms with van der Waals surface area (Å²) in [6, 6.07) is 6.65. The summed E-state index contributed by atoms with van der Waals surface area (Å²) in [5.41, 5.74) is -0.103. The predicted molar refractivity (Wildman–Crippen MR) is 106 cm³/mol. The normalized spacial score (nSPS) is 12.7. The van der Waals surface area contributed by atoms with Gasteiger partial charge in [0.05, 0.1) is 17.4 Å². The van der Waals surface area contributed by atoms with Crippen molar-refractivity contribution < 1.29 is 17.4 Å². The van der Waals surface area contributed by atoms with Gasteiger partial charge in [-0.25, -0.2) is 8.89 Å². The third-order valence-corrected chi connectivity index (χ3v) is 4.70. The summed E-state index contributed by atoms with van der Waals surface area (Å²) >= 11 is 0. The van der Waals surface area contributed by atoms with Crippen LogP contribution in [0.4, 0.5) is 18.9 Å². The molecule has 0 spiro atoms. The number of aromatic nitrogens is 3. The van der Waals surface area contributed by atoms with Crippen LogP contribution in [0.5, 0.6) is 0 Å². The van der Waals surface area contributed by atoms with Crippen molar-refractivity contribution in [3.8, 4) is 16.8 Å². The van der Waals surface area contributed by atoms with Crippen LogP contribution >= 0.6 is 0 Å². The monoisotopic (exact) mass is 424 g/mol. The molecule has 2 heterocycles. The Hall–Kier alpha value is -2.88. The van der Waals surface area contributed by atoms with E-state index in [0.717, 1.165) is 12.5 Å². The van der Waals surface area contributed by atoms with Gasteiger partial charge in [-0.1, -0.05) is 13.0 Å². The van der Waals surface area contributed by atoms with Gasteiger partial charge in [-0.15, -0.1) is 0 Å². The molecule has 0 aliphatic heterocycles. The maximum atomic E-state index is 13.6. The Morgan fingerprint density at radius 2 is 1.93 bits per heavy atom. The van der Waals surface area contributed by atoms with Crippen molar-refractivity contribution in [2.45, 2.75) is 26.1 Å². The summed E-state index contributed by atoms with van der Waals surface area (Å²) in [5, 5.41) is 4.16. The van der Waals surface area contributed by atoms with Gasteiger partial charge in [0.15, 0.2) is 0 Å². The summed E-state index contributed by atoms with van der Waals surface area (Å²) in [5.74, 6) is 0. The molecule has 0 saturated heterocycles. The van der Waals surface area contributed by atoms with Gasteiger partial charge in [0, 0.05) is 42.5 Å². The zero-order valence-electron chi connectivity index (χ0n) is 15.7. The molecule has 3 aromatic rings. The maximum absolute atomic E-state index is 13.6. The van der Waals surface area contributed by atoms with Gasteiger partial charge < -0.3 is 9.29 Å². The fraction of sp³-hybridized carbons (Fsp3) is 0.263. The first-order valence-electron chi connectivity index (χ1n) is 8.76. The second-order valence-electron chi connectivity index (χ2n) is 6.41. The van der Waals surface area contributed by atoms with Crippen LogP contribution in [0.15, 0.2) is 53.7 Å². The number of benzene rings is 1. The topological polar surface area (TPSA) is 68.9 Å². The number of alkyl halides is 3. The van der Waals surface area contributed by atoms with E-state index < -0.39 is 22.7 Å². The van der Waals surface area contributed by atoms with Crippen molar-refractivity contribution in [3.05, 3.63) is 64.8 Å². The lowest BCUT2D eigenvalue weighted by Gasteiger charge is -2.14. The first kappa shape index (κ1) is 20.8. The highest BCUT2D eigenvalue weighted by atomic mass is 32.2. The highest BCUT2D eigenvalue weighted by Crippen LogP contribution is 2.38. The molecule has 0 radical (unpaired) electrons. The lowest BCUT2D eigenvalue weighted by atomic mass is 10.0. The number of anilines is 1. The number of aryl methyl sites for hydroxylation is 1. The Balaban J connectivity index is 2.03. The number of pyridine rings is 1. The van der Waals surface area contributed by atoms with Crippen LogP contribution < -0.4 is 10.3 Å². The molecular weight excluding hydrogens is 405 g/mol. The molecule has 2 aromatic heterocycles. The van der Waals surface area contributed by atoms with Crippen LogP contribution in [0, 0.1) is 0 Å². The van der Waals surface area contributed by atoms with Crippen molar-refractivity contribution in [3.63, 3.8) is 0 Å². The van der Waals surface area contributed by atoms with Crippen molar-refractivity contribution in [1.82, 2.24) is 14.3 Å². The lowest BCUT2D eigenvalue weighted by molar-refractivity contribution is -0.137. The van der Waals surface area contributed by atoms with Gasteiger partial charge in [-0.2, -0.15) is 18.3 Å². The number of nitrogens with zero attached hydrogens (tertiary/aromatic N) is 3. The molecule has 1 unspecified atom stereocenters. The first-order chi connectivity index (χ1) is 13.7. The molecule has 1 N–H and O–H groups in total. The smallest absolute Gasteiger partial charge is 0.313 e. The van der Waals surface area contributed by atoms with E-state index in [4.69, 9.17) is 0 Å². The van der Waals surface area contributed by atoms with Crippen molar-refractivity contribution in [2.75, 3.05) is 11.0 Å². The van der Waals surface area contributed by atoms with E-state index in [1.54, 1.807) is 12.3 Å². The van der Waals surface area contributed by atoms with Crippen LogP contribution in [0.25, 0.3) is 16.8 Å². The SMILES string of the molecule is CCCn1cc(-n2cc(-c3ccc(NS(C)=O)cc3C(F)(F)F)cn2)ccc1=O. The average molecular weight is 424 g/mol. The summed E-state index contributed by atoms with van der Waals surface area (Å²) in [6.45, 7) is 2.47. The van der Waals surface area contributed by atoms with E-state index in [1.165, 1.54) is 46.1 Å². The van der Waals surface area contributed by atoms with Gasteiger partial charge in [-0.3, -0.25) is 4.79 Å². The largest absolute Gasteiger partial charge is 0.417 e. The molecule has 0 aliphatic carbocycles. The van der Waals surface area contributed by atoms with E-state index in [1.807, 2.05) is 6.92 Å². The Morgan fingerprint density at radius 1 is 1.17 bits per heavy atom. The van der Waals surface area contributed by atoms with E-state index in [9.17, 15) is 22.2 Å². The molecule has 29 heavy (non-hydrogen) atoms. The van der Waals surface area contributed by atoms with Gasteiger partial charge in [0.2, 0.25) is 0 Å². The molecule has 6 nitrogen and oxygen atoms in total. The molecule has 154 valence electrons. The summed E-state index contributed by atoms with van der Waals surface area (Å²) in [7, 11) is -1.49. The minimum atomic E-state index is -4.60. The Labute approximate surface area is 167 Å². The average Bonchev–Trinajstić information content (AvgIpc) is 3.12. The van der Waals surface area contributed by atoms with Gasteiger partial charge in [-0.05, 0) is 30.2 Å². The maximum Gasteiger partial charge on any atom is 0.417 e. The molecule has 3 rings (SSSR count). The highest BCUT2D eigenvalue weighted by Gasteiger charge is 2.34. The zero-order valence-corrected chi connectivity index (χ0v) is 16.5. The molecule has 0 saturated carbocycles. The fourth-order valence-corrected chi connectivity index (χ4v) is 3.39. The number of nitrogens with one attached hydrogen (secondary N) is 1. The Bertz CT molecular complexity index is 1110. The van der Waals surface area contributed by atoms with Crippen LogP contribution in [-0.2, 0) is 23.7 Å². The minimum Gasteiger partial charge on any atom is -0.313 e. The summed E-state index contributed by atoms with van der Waals surface area (Å²) < 4.78 is 57.5. The Morgan fingerprint density at radius 3 is 2.59 bits per heavy atom. The third-order valence-electron chi connectivity index (χ3n) is 4.18. The van der Waals surface area contributed by atoms with Crippen LogP contribution in [-0.4, -0.2) is 24.8 Å². The van der Waals surface area contributed by atoms with Gasteiger partial charge in [0.1, 0.15) is 11.0 Å². The van der Waals surface area contributed by atoms with Gasteiger partial charge in [0.25, 0.3) is 5.56 Å². The molecule has 0 amide bonds. The Kier molecular flexibility index (Phi) is 5.92. The van der Waals surface area contributed by atoms with Crippen molar-refractivity contribution in [2.24, 2.45) is 0 Å². The third kappa shape index (κ3) is 4.76. The molecular formula is C19H19F3N4O2S. The second-order valence-corrected chi connectivity index (χ2v) is 7.52. The molecule has 0 bridgehead atoms. The standard InChI is InChI=1S/C19H19F3N4O2S/c1-3-8-25-12-15(5-7-18(25)27)26-11-13(10-23-26)16-6-4-14(24-29(2)28)9-17(16)19(20,21)22/h4-7,9-12,24H,3,8H2,1-2H3. The van der Waals surface area contributed by atoms with E-state index in [-0.39, 0.29) is 22.4 Å². The minimum absolute atomic E-state index is 0.0435. The number of rotatable bonds is 6. The molecule has 0 fully saturated rings. The number of hydrogen-bond acceptors (Lipinski definition) is 3. The predicted octanol–water partition coefficient (Wildman–Crippen LogP) is 3.84. The number of hydrogen-bond donors (Lipinski definition) is 1. The quantitative estimate of drug-likeness (QED) is 0.654. The summed E-state index contributed by atoms with van der Waals surface area (Å²) in [6.07, 6.45) is 1.95. The highest BCUT2D eigenvalue weighted by molar-refractivity contribution is 7.85. The lowest BCUT2D eigenvalue weighted by Crippen LogP contribution is -2.19. The van der Waals surface area contributed by atoms with Crippen molar-refractivity contribution in [1.29, 1.82) is 0 Å². The van der Waals surface area contributed by atoms with Gasteiger partial charge >= 0.3 is 6.18 Å². The van der Waals surface area contributed by atoms with Crippen molar-refractivity contribution >= 4 is 16.7 Å². The fourth-order valence-electron chi connectivity index (χ4n) is 2.93. The summed E-state index contributed by atoms with van der Waals surface area (Å²) in [4.78, 5) is 11.9. The van der Waals surface area contributed by atoms with E-state index in [2.05, 4.69) is 9.82 Å². The zero-order chi connectivity index (χ0) is 21.2. The number of halogens is 3. The second kappa shape index (κ2) is 8.24. The molecule has 1 atom stereocenters. The molecule has 1 aromatic carbocycles. The van der Waals surface area contributed by atoms with E-state index in [0.29, 0.717) is 12.2 Å². The van der Waals surface area contributed by atoms with E-state index >= 15 is 0 Å². The first-order valence-corrected chi connectivity index (χ1v) is 10.3. The van der Waals surface area contributed by atoms with Crippen LogP contribution in [0.3, 0.4) is 0 Å². The van der Waals surface area contributed by atoms with Crippen LogP contribution in [0.1, 0.15) is 18.9 Å². The van der Waals surface area contributed by atoms with Crippen LogP contribution in [0.2, 0.25) is 0 Å². The molecule has 0 aliphatic rings.